The second-order valence-corrected chi connectivity index (χ2v) is 7.53. The number of aromatic nitrogens is 4. The Bertz CT molecular complexity index is 1050. The smallest absolute Gasteiger partial charge is 0.327 e. The molecule has 0 fully saturated rings. The van der Waals surface area contributed by atoms with E-state index in [1.165, 1.54) is 17.4 Å². The van der Waals surface area contributed by atoms with Crippen LogP contribution in [0.2, 0.25) is 0 Å². The normalized spacial score (nSPS) is 11.0. The number of hydrogen-bond acceptors (Lipinski definition) is 5. The standard InChI is InChI=1S/C22H27N5O3/c1-14(2)17-6-8-19(9-7-17)27-15(3)10-20(16(27)4)22(29)23-11-18-12-26(25-24-18)13-21(28)30-5/h6-10,12,14H,11,13H2,1-5H3,(H,23,29). The Morgan fingerprint density at radius 3 is 2.50 bits per heavy atom. The van der Waals surface area contributed by atoms with Crippen molar-refractivity contribution in [1.29, 1.82) is 0 Å². The third kappa shape index (κ3) is 4.59. The number of carbonyl (C=O) groups excluding carboxylic acids is 2. The van der Waals surface area contributed by atoms with Crippen molar-refractivity contribution >= 4 is 11.9 Å². The highest BCUT2D eigenvalue weighted by molar-refractivity contribution is 5.95. The summed E-state index contributed by atoms with van der Waals surface area (Å²) in [6, 6.07) is 10.3. The highest BCUT2D eigenvalue weighted by Crippen LogP contribution is 2.23. The van der Waals surface area contributed by atoms with Crippen molar-refractivity contribution < 1.29 is 14.3 Å². The average molecular weight is 409 g/mol. The minimum absolute atomic E-state index is 0.0196. The molecule has 1 aromatic carbocycles. The van der Waals surface area contributed by atoms with E-state index in [-0.39, 0.29) is 19.0 Å². The number of nitrogens with one attached hydrogen (secondary N) is 1. The van der Waals surface area contributed by atoms with E-state index < -0.39 is 5.97 Å². The van der Waals surface area contributed by atoms with Crippen LogP contribution >= 0.6 is 0 Å². The molecule has 0 saturated heterocycles. The van der Waals surface area contributed by atoms with Crippen LogP contribution in [-0.4, -0.2) is 38.5 Å². The Morgan fingerprint density at radius 1 is 1.17 bits per heavy atom. The third-order valence-corrected chi connectivity index (χ3v) is 5.03. The Morgan fingerprint density at radius 2 is 1.87 bits per heavy atom. The molecule has 0 atom stereocenters. The van der Waals surface area contributed by atoms with Gasteiger partial charge < -0.3 is 14.6 Å². The van der Waals surface area contributed by atoms with E-state index >= 15 is 0 Å². The Hall–Kier alpha value is -3.42. The number of rotatable bonds is 7. The zero-order valence-corrected chi connectivity index (χ0v) is 18.0. The summed E-state index contributed by atoms with van der Waals surface area (Å²) in [6.07, 6.45) is 1.61. The number of amides is 1. The number of aryl methyl sites for hydroxylation is 1. The molecule has 0 aliphatic rings. The number of methoxy groups -OCH3 is 1. The van der Waals surface area contributed by atoms with Crippen LogP contribution in [0.25, 0.3) is 5.69 Å². The molecule has 3 rings (SSSR count). The maximum atomic E-state index is 12.8. The SMILES string of the molecule is COC(=O)Cn1cc(CNC(=O)c2cc(C)n(-c3ccc(C(C)C)cc3)c2C)nn1. The molecular formula is C22H27N5O3. The van der Waals surface area contributed by atoms with Gasteiger partial charge in [-0.05, 0) is 43.5 Å². The summed E-state index contributed by atoms with van der Waals surface area (Å²) >= 11 is 0. The first-order chi connectivity index (χ1) is 14.3. The van der Waals surface area contributed by atoms with Gasteiger partial charge >= 0.3 is 5.97 Å². The molecule has 8 nitrogen and oxygen atoms in total. The summed E-state index contributed by atoms with van der Waals surface area (Å²) in [6.45, 7) is 8.44. The fourth-order valence-corrected chi connectivity index (χ4v) is 3.36. The lowest BCUT2D eigenvalue weighted by Gasteiger charge is -2.12. The minimum Gasteiger partial charge on any atom is -0.468 e. The summed E-state index contributed by atoms with van der Waals surface area (Å²) in [5.74, 6) is -0.127. The van der Waals surface area contributed by atoms with E-state index in [4.69, 9.17) is 0 Å². The summed E-state index contributed by atoms with van der Waals surface area (Å²) in [7, 11) is 1.32. The molecule has 0 aliphatic carbocycles. The summed E-state index contributed by atoms with van der Waals surface area (Å²) in [5, 5.41) is 10.7. The van der Waals surface area contributed by atoms with Crippen molar-refractivity contribution in [3.05, 3.63) is 64.7 Å². The van der Waals surface area contributed by atoms with Crippen molar-refractivity contribution in [2.75, 3.05) is 7.11 Å². The van der Waals surface area contributed by atoms with Crippen molar-refractivity contribution in [3.8, 4) is 5.69 Å². The second-order valence-electron chi connectivity index (χ2n) is 7.53. The molecule has 0 unspecified atom stereocenters. The van der Waals surface area contributed by atoms with Crippen LogP contribution in [0.15, 0.2) is 36.5 Å². The monoisotopic (exact) mass is 409 g/mol. The molecule has 158 valence electrons. The molecular weight excluding hydrogens is 382 g/mol. The van der Waals surface area contributed by atoms with E-state index in [1.807, 2.05) is 19.9 Å². The van der Waals surface area contributed by atoms with Crippen molar-refractivity contribution in [2.24, 2.45) is 0 Å². The number of benzene rings is 1. The van der Waals surface area contributed by atoms with E-state index in [9.17, 15) is 9.59 Å². The molecule has 0 spiro atoms. The van der Waals surface area contributed by atoms with Gasteiger partial charge in [0.1, 0.15) is 12.2 Å². The largest absolute Gasteiger partial charge is 0.468 e. The number of esters is 1. The van der Waals surface area contributed by atoms with Crippen molar-refractivity contribution in [1.82, 2.24) is 24.9 Å². The zero-order valence-electron chi connectivity index (χ0n) is 18.0. The Labute approximate surface area is 175 Å². The van der Waals surface area contributed by atoms with E-state index in [1.54, 1.807) is 6.20 Å². The molecule has 2 heterocycles. The lowest BCUT2D eigenvalue weighted by molar-refractivity contribution is -0.141. The quantitative estimate of drug-likeness (QED) is 0.606. The Kier molecular flexibility index (Phi) is 6.34. The van der Waals surface area contributed by atoms with Crippen molar-refractivity contribution in [3.63, 3.8) is 0 Å². The topological polar surface area (TPSA) is 91.0 Å². The molecule has 8 heteroatoms. The van der Waals surface area contributed by atoms with Gasteiger partial charge in [-0.1, -0.05) is 31.2 Å². The van der Waals surface area contributed by atoms with Gasteiger partial charge in [-0.25, -0.2) is 4.68 Å². The Balaban J connectivity index is 1.71. The predicted molar refractivity (Wildman–Crippen MR) is 113 cm³/mol. The summed E-state index contributed by atoms with van der Waals surface area (Å²) in [4.78, 5) is 24.1. The van der Waals surface area contributed by atoms with Gasteiger partial charge in [0, 0.05) is 17.1 Å². The van der Waals surface area contributed by atoms with Gasteiger partial charge in [0.05, 0.1) is 25.4 Å². The average Bonchev–Trinajstić information content (AvgIpc) is 3.29. The van der Waals surface area contributed by atoms with Gasteiger partial charge in [-0.2, -0.15) is 0 Å². The summed E-state index contributed by atoms with van der Waals surface area (Å²) < 4.78 is 8.05. The molecule has 3 aromatic rings. The molecule has 0 bridgehead atoms. The molecule has 2 aromatic heterocycles. The molecule has 30 heavy (non-hydrogen) atoms. The van der Waals surface area contributed by atoms with Crippen LogP contribution in [0.3, 0.4) is 0 Å². The van der Waals surface area contributed by atoms with E-state index in [2.05, 4.69) is 63.0 Å². The summed E-state index contributed by atoms with van der Waals surface area (Å²) in [5.41, 5.74) is 5.34. The van der Waals surface area contributed by atoms with Gasteiger partial charge in [0.15, 0.2) is 0 Å². The van der Waals surface area contributed by atoms with Gasteiger partial charge in [-0.15, -0.1) is 5.10 Å². The molecule has 0 radical (unpaired) electrons. The lowest BCUT2D eigenvalue weighted by Crippen LogP contribution is -2.23. The van der Waals surface area contributed by atoms with Gasteiger partial charge in [0.2, 0.25) is 0 Å². The van der Waals surface area contributed by atoms with Crippen LogP contribution < -0.4 is 5.32 Å². The van der Waals surface area contributed by atoms with E-state index in [0.29, 0.717) is 17.2 Å². The fraction of sp³-hybridized carbons (Fsp3) is 0.364. The van der Waals surface area contributed by atoms with Crippen LogP contribution in [0.4, 0.5) is 0 Å². The lowest BCUT2D eigenvalue weighted by atomic mass is 10.0. The first-order valence-corrected chi connectivity index (χ1v) is 9.83. The number of hydrogen-bond donors (Lipinski definition) is 1. The number of ether oxygens (including phenoxy) is 1. The van der Waals surface area contributed by atoms with Crippen LogP contribution in [0, 0.1) is 13.8 Å². The minimum atomic E-state index is -0.413. The molecule has 1 N–H and O–H groups in total. The number of carbonyl (C=O) groups is 2. The van der Waals surface area contributed by atoms with Crippen molar-refractivity contribution in [2.45, 2.75) is 46.7 Å². The van der Waals surface area contributed by atoms with E-state index in [0.717, 1.165) is 17.1 Å². The zero-order chi connectivity index (χ0) is 21.8. The molecule has 1 amide bonds. The van der Waals surface area contributed by atoms with Crippen LogP contribution in [0.1, 0.15) is 52.8 Å². The van der Waals surface area contributed by atoms with Gasteiger partial charge in [-0.3, -0.25) is 9.59 Å². The first kappa shape index (κ1) is 21.3. The fourth-order valence-electron chi connectivity index (χ4n) is 3.36. The highest BCUT2D eigenvalue weighted by Gasteiger charge is 2.17. The number of nitrogens with zero attached hydrogens (tertiary/aromatic N) is 4. The predicted octanol–water partition coefficient (Wildman–Crippen LogP) is 2.91. The van der Waals surface area contributed by atoms with Crippen LogP contribution in [-0.2, 0) is 22.6 Å². The maximum absolute atomic E-state index is 12.8. The molecule has 0 saturated carbocycles. The van der Waals surface area contributed by atoms with Crippen LogP contribution in [0.5, 0.6) is 0 Å². The highest BCUT2D eigenvalue weighted by atomic mass is 16.5. The third-order valence-electron chi connectivity index (χ3n) is 5.03. The second kappa shape index (κ2) is 8.94. The molecule has 0 aliphatic heterocycles. The van der Waals surface area contributed by atoms with Gasteiger partial charge in [0.25, 0.3) is 5.91 Å². The maximum Gasteiger partial charge on any atom is 0.327 e. The first-order valence-electron chi connectivity index (χ1n) is 9.83.